The zero-order valence-corrected chi connectivity index (χ0v) is 19.9. The molecule has 0 fully saturated rings. The third-order valence-corrected chi connectivity index (χ3v) is 5.70. The van der Waals surface area contributed by atoms with Crippen LogP contribution in [0.15, 0.2) is 30.3 Å². The van der Waals surface area contributed by atoms with Crippen LogP contribution in [-0.2, 0) is 4.74 Å². The third-order valence-electron chi connectivity index (χ3n) is 5.48. The van der Waals surface area contributed by atoms with Gasteiger partial charge in [0.05, 0.1) is 6.61 Å². The van der Waals surface area contributed by atoms with E-state index in [0.29, 0.717) is 12.2 Å². The van der Waals surface area contributed by atoms with E-state index in [9.17, 15) is 4.79 Å². The van der Waals surface area contributed by atoms with E-state index in [1.165, 1.54) is 89.9 Å². The number of benzene rings is 1. The van der Waals surface area contributed by atoms with Crippen molar-refractivity contribution in [3.63, 3.8) is 0 Å². The summed E-state index contributed by atoms with van der Waals surface area (Å²) in [4.78, 5) is 12.0. The predicted molar refractivity (Wildman–Crippen MR) is 132 cm³/mol. The second kappa shape index (κ2) is 19.5. The molecule has 1 aromatic rings. The minimum absolute atomic E-state index is 0.171. The summed E-state index contributed by atoms with van der Waals surface area (Å²) in [5.74, 6) is -0.215. The summed E-state index contributed by atoms with van der Waals surface area (Å²) in [6.45, 7) is 2.85. The van der Waals surface area contributed by atoms with Gasteiger partial charge in [0.15, 0.2) is 0 Å². The van der Waals surface area contributed by atoms with E-state index >= 15 is 0 Å². The molecule has 0 aliphatic rings. The van der Waals surface area contributed by atoms with Crippen molar-refractivity contribution in [1.82, 2.24) is 5.32 Å². The second-order valence-corrected chi connectivity index (χ2v) is 8.63. The van der Waals surface area contributed by atoms with Crippen molar-refractivity contribution in [1.29, 1.82) is 0 Å². The highest BCUT2D eigenvalue weighted by atomic mass is 32.1. The Morgan fingerprint density at radius 1 is 0.733 bits per heavy atom. The van der Waals surface area contributed by atoms with E-state index in [-0.39, 0.29) is 11.1 Å². The van der Waals surface area contributed by atoms with Gasteiger partial charge >= 0.3 is 0 Å². The smallest absolute Gasteiger partial charge is 0.263 e. The van der Waals surface area contributed by atoms with Crippen molar-refractivity contribution in [2.24, 2.45) is 0 Å². The lowest BCUT2D eigenvalue weighted by molar-refractivity contribution is 0.0967. The molecule has 0 aliphatic heterocycles. The molecule has 0 saturated carbocycles. The number of thiocarbonyl (C=S) groups is 1. The minimum Gasteiger partial charge on any atom is -0.471 e. The van der Waals surface area contributed by atoms with E-state index in [2.05, 4.69) is 12.2 Å². The molecule has 1 N–H and O–H groups in total. The average Bonchev–Trinajstić information content (AvgIpc) is 2.76. The van der Waals surface area contributed by atoms with E-state index in [1.807, 2.05) is 18.2 Å². The van der Waals surface area contributed by atoms with Crippen LogP contribution in [0, 0.1) is 0 Å². The highest BCUT2D eigenvalue weighted by molar-refractivity contribution is 7.80. The van der Waals surface area contributed by atoms with Crippen LogP contribution < -0.4 is 5.32 Å². The van der Waals surface area contributed by atoms with Gasteiger partial charge in [0, 0.05) is 5.56 Å². The maximum Gasteiger partial charge on any atom is 0.263 e. The minimum atomic E-state index is -0.215. The Labute approximate surface area is 190 Å². The van der Waals surface area contributed by atoms with Crippen LogP contribution >= 0.6 is 12.2 Å². The average molecular weight is 434 g/mol. The maximum atomic E-state index is 12.0. The van der Waals surface area contributed by atoms with E-state index in [4.69, 9.17) is 17.0 Å². The topological polar surface area (TPSA) is 38.3 Å². The molecule has 1 rings (SSSR count). The molecule has 1 amide bonds. The molecule has 4 heteroatoms. The number of nitrogens with one attached hydrogen (secondary N) is 1. The fraction of sp³-hybridized carbons (Fsp3) is 0.692. The van der Waals surface area contributed by atoms with Gasteiger partial charge < -0.3 is 4.74 Å². The fourth-order valence-electron chi connectivity index (χ4n) is 3.61. The van der Waals surface area contributed by atoms with Crippen LogP contribution in [0.25, 0.3) is 0 Å². The lowest BCUT2D eigenvalue weighted by atomic mass is 10.0. The zero-order valence-electron chi connectivity index (χ0n) is 19.1. The molecule has 0 aliphatic carbocycles. The first kappa shape index (κ1) is 26.6. The fourth-order valence-corrected chi connectivity index (χ4v) is 3.78. The Morgan fingerprint density at radius 3 is 1.63 bits per heavy atom. The SMILES string of the molecule is CCCCCCCCCCCCCCCCCCOC(=S)NC(=O)c1ccccc1. The highest BCUT2D eigenvalue weighted by Gasteiger charge is 2.07. The monoisotopic (exact) mass is 433 g/mol. The van der Waals surface area contributed by atoms with Gasteiger partial charge in [-0.2, -0.15) is 0 Å². The normalized spacial score (nSPS) is 10.7. The van der Waals surface area contributed by atoms with Gasteiger partial charge in [-0.15, -0.1) is 0 Å². The number of hydrogen-bond acceptors (Lipinski definition) is 3. The molecule has 0 heterocycles. The molecule has 0 aromatic heterocycles. The van der Waals surface area contributed by atoms with Gasteiger partial charge in [0.25, 0.3) is 11.1 Å². The number of carbonyl (C=O) groups excluding carboxylic acids is 1. The summed E-state index contributed by atoms with van der Waals surface area (Å²) in [6, 6.07) is 9.05. The summed E-state index contributed by atoms with van der Waals surface area (Å²) in [7, 11) is 0. The van der Waals surface area contributed by atoms with Crippen molar-refractivity contribution in [3.8, 4) is 0 Å². The molecular weight excluding hydrogens is 390 g/mol. The number of carbonyl (C=O) groups is 1. The number of ether oxygens (including phenoxy) is 1. The number of hydrogen-bond donors (Lipinski definition) is 1. The van der Waals surface area contributed by atoms with Gasteiger partial charge in [-0.25, -0.2) is 0 Å². The Bertz CT molecular complexity index is 547. The van der Waals surface area contributed by atoms with Crippen LogP contribution in [0.4, 0.5) is 0 Å². The molecule has 170 valence electrons. The summed E-state index contributed by atoms with van der Waals surface area (Å²) >= 11 is 5.09. The largest absolute Gasteiger partial charge is 0.471 e. The molecular formula is C26H43NO2S. The van der Waals surface area contributed by atoms with Crippen LogP contribution in [0.2, 0.25) is 0 Å². The lowest BCUT2D eigenvalue weighted by Crippen LogP contribution is -2.31. The molecule has 0 bridgehead atoms. The Kier molecular flexibility index (Phi) is 17.3. The molecule has 30 heavy (non-hydrogen) atoms. The van der Waals surface area contributed by atoms with Gasteiger partial charge in [0.2, 0.25) is 0 Å². The molecule has 0 saturated heterocycles. The summed E-state index contributed by atoms with van der Waals surface area (Å²) in [5.41, 5.74) is 0.589. The van der Waals surface area contributed by atoms with Gasteiger partial charge in [-0.1, -0.05) is 121 Å². The lowest BCUT2D eigenvalue weighted by Gasteiger charge is -2.09. The van der Waals surface area contributed by atoms with Crippen molar-refractivity contribution < 1.29 is 9.53 Å². The predicted octanol–water partition coefficient (Wildman–Crippen LogP) is 7.98. The maximum absolute atomic E-state index is 12.0. The molecule has 1 aromatic carbocycles. The number of amides is 1. The first-order valence-corrected chi connectivity index (χ1v) is 12.7. The quantitative estimate of drug-likeness (QED) is 0.188. The van der Waals surface area contributed by atoms with Crippen molar-refractivity contribution in [3.05, 3.63) is 35.9 Å². The van der Waals surface area contributed by atoms with Crippen LogP contribution in [-0.4, -0.2) is 17.7 Å². The van der Waals surface area contributed by atoms with Crippen LogP contribution in [0.5, 0.6) is 0 Å². The van der Waals surface area contributed by atoms with Gasteiger partial charge in [0.1, 0.15) is 0 Å². The first-order chi connectivity index (χ1) is 14.7. The number of rotatable bonds is 18. The molecule has 3 nitrogen and oxygen atoms in total. The standard InChI is InChI=1S/C26H43NO2S/c1-2-3-4-5-6-7-8-9-10-11-12-13-14-15-16-20-23-29-26(30)27-25(28)24-21-18-17-19-22-24/h17-19,21-22H,2-16,20,23H2,1H3,(H,27,28,30). The molecule has 0 radical (unpaired) electrons. The van der Waals surface area contributed by atoms with Crippen molar-refractivity contribution in [2.75, 3.05) is 6.61 Å². The summed E-state index contributed by atoms with van der Waals surface area (Å²) in [6.07, 6.45) is 21.6. The molecule has 0 atom stereocenters. The van der Waals surface area contributed by atoms with E-state index in [0.717, 1.165) is 12.8 Å². The van der Waals surface area contributed by atoms with E-state index in [1.54, 1.807) is 12.1 Å². The Hall–Kier alpha value is -1.42. The summed E-state index contributed by atoms with van der Waals surface area (Å²) < 4.78 is 5.45. The van der Waals surface area contributed by atoms with E-state index < -0.39 is 0 Å². The second-order valence-electron chi connectivity index (χ2n) is 8.26. The zero-order chi connectivity index (χ0) is 21.7. The third kappa shape index (κ3) is 15.4. The van der Waals surface area contributed by atoms with Gasteiger partial charge in [-0.3, -0.25) is 10.1 Å². The molecule has 0 spiro atoms. The van der Waals surface area contributed by atoms with Crippen molar-refractivity contribution >= 4 is 23.3 Å². The van der Waals surface area contributed by atoms with Crippen LogP contribution in [0.3, 0.4) is 0 Å². The van der Waals surface area contributed by atoms with Crippen LogP contribution in [0.1, 0.15) is 120 Å². The first-order valence-electron chi connectivity index (χ1n) is 12.3. The Balaban J connectivity index is 1.80. The summed E-state index contributed by atoms with van der Waals surface area (Å²) in [5, 5.41) is 2.79. The highest BCUT2D eigenvalue weighted by Crippen LogP contribution is 2.13. The Morgan fingerprint density at radius 2 is 1.17 bits per heavy atom. The number of unbranched alkanes of at least 4 members (excludes halogenated alkanes) is 15. The van der Waals surface area contributed by atoms with Gasteiger partial charge in [-0.05, 0) is 30.8 Å². The van der Waals surface area contributed by atoms with Crippen molar-refractivity contribution in [2.45, 2.75) is 110 Å². The molecule has 0 unspecified atom stereocenters.